The molecule has 15 atom stereocenters. The summed E-state index contributed by atoms with van der Waals surface area (Å²) in [5.74, 6) is -8.10. The molecule has 15 nitrogen and oxygen atoms in total. The molecule has 0 aromatic carbocycles. The molecule has 2 bridgehead atoms. The molecule has 0 unspecified atom stereocenters. The number of rotatable bonds is 8. The molecule has 3 aliphatic heterocycles. The van der Waals surface area contributed by atoms with Crippen LogP contribution < -0.4 is 0 Å². The summed E-state index contributed by atoms with van der Waals surface area (Å²) in [6, 6.07) is -1.15. The number of carbonyl (C=O) groups is 5. The Labute approximate surface area is 405 Å². The van der Waals surface area contributed by atoms with Crippen molar-refractivity contribution in [1.29, 1.82) is 0 Å². The van der Waals surface area contributed by atoms with Crippen LogP contribution in [0.5, 0.6) is 0 Å². The van der Waals surface area contributed by atoms with Crippen LogP contribution in [0.25, 0.3) is 0 Å². The predicted molar refractivity (Wildman–Crippen MR) is 259 cm³/mol. The number of allylic oxidation sites excluding steroid dienone is 6. The van der Waals surface area contributed by atoms with Gasteiger partial charge in [0.25, 0.3) is 11.7 Å². The van der Waals surface area contributed by atoms with E-state index in [9.17, 15) is 38.8 Å². The van der Waals surface area contributed by atoms with E-state index in [1.54, 1.807) is 48.3 Å². The van der Waals surface area contributed by atoms with Crippen LogP contribution in [0.15, 0.2) is 48.1 Å². The molecule has 2 saturated heterocycles. The Morgan fingerprint density at radius 3 is 2.24 bits per heavy atom. The second-order valence-corrected chi connectivity index (χ2v) is 23.2. The summed E-state index contributed by atoms with van der Waals surface area (Å²) in [7, 11) is 1.75. The van der Waals surface area contributed by atoms with Gasteiger partial charge in [-0.1, -0.05) is 77.2 Å². The lowest BCUT2D eigenvalue weighted by molar-refractivity contribution is -0.265. The van der Waals surface area contributed by atoms with Crippen molar-refractivity contribution in [3.63, 3.8) is 0 Å². The lowest BCUT2D eigenvalue weighted by atomic mass is 9.78. The van der Waals surface area contributed by atoms with Crippen molar-refractivity contribution in [3.05, 3.63) is 48.1 Å². The molecule has 1 amide bonds. The number of ether oxygens (including phenoxy) is 5. The van der Waals surface area contributed by atoms with Crippen LogP contribution >= 0.6 is 7.37 Å². The van der Waals surface area contributed by atoms with Crippen LogP contribution in [-0.2, 0) is 56.7 Å². The lowest BCUT2D eigenvalue weighted by Gasteiger charge is -2.42. The predicted octanol–water partition coefficient (Wildman–Crippen LogP) is 7.35. The van der Waals surface area contributed by atoms with E-state index in [4.69, 9.17) is 28.2 Å². The normalized spacial score (nSPS) is 39.0. The number of Topliss-reactive ketones (excluding diaryl/α,β-unsaturated/α-hetero) is 3. The number of cyclic esters (lactones) is 1. The first-order valence-electron chi connectivity index (χ1n) is 24.8. The SMILES string of the molecule is CO[C@H]1C[C@@H]2CC[C@@H](C)[C@@](O)(O2)C(=O)C(=O)N2CCCC[C@H]2C(=O)O[C@H]([C@H](C)C[C@@H]2CC[C@@H](OP(C)(C)=O)[C@H](OC)C2)CC(=O)[C@H](C)/C=C/[C@@H](O)[C@@H](OC)C(=O)[C@H](C)C[C@H](C)/C=C/C=C/C=C/1C. The molecular formula is C52H82NO14P. The Hall–Kier alpha value is -3.14. The molecule has 16 heteroatoms. The molecular weight excluding hydrogens is 894 g/mol. The first-order chi connectivity index (χ1) is 32.0. The molecule has 3 fully saturated rings. The maximum absolute atomic E-state index is 14.4. The molecule has 1 aliphatic carbocycles. The number of ketones is 3. The third-order valence-corrected chi connectivity index (χ3v) is 15.3. The van der Waals surface area contributed by atoms with Crippen LogP contribution in [0.2, 0.25) is 0 Å². The van der Waals surface area contributed by atoms with E-state index < -0.39 is 85.1 Å². The Morgan fingerprint density at radius 1 is 0.853 bits per heavy atom. The minimum absolute atomic E-state index is 0.0153. The van der Waals surface area contributed by atoms with Gasteiger partial charge < -0.3 is 43.3 Å². The monoisotopic (exact) mass is 976 g/mol. The van der Waals surface area contributed by atoms with Gasteiger partial charge in [0.05, 0.1) is 24.4 Å². The lowest BCUT2D eigenvalue weighted by Crippen LogP contribution is -2.61. The molecule has 0 radical (unpaired) electrons. The fraction of sp³-hybridized carbons (Fsp3) is 0.750. The van der Waals surface area contributed by atoms with Crippen LogP contribution in [0.1, 0.15) is 119 Å². The van der Waals surface area contributed by atoms with Gasteiger partial charge in [-0.25, -0.2) is 4.79 Å². The second-order valence-electron chi connectivity index (χ2n) is 20.4. The second kappa shape index (κ2) is 26.3. The van der Waals surface area contributed by atoms with E-state index in [0.717, 1.165) is 12.0 Å². The molecule has 0 aromatic heterocycles. The Kier molecular flexibility index (Phi) is 22.3. The maximum Gasteiger partial charge on any atom is 0.329 e. The summed E-state index contributed by atoms with van der Waals surface area (Å²) in [5.41, 5.74) is 0.875. The third kappa shape index (κ3) is 15.9. The number of aliphatic hydroxyl groups is 2. The summed E-state index contributed by atoms with van der Waals surface area (Å²) >= 11 is 0. The Bertz CT molecular complexity index is 1890. The third-order valence-electron chi connectivity index (χ3n) is 14.5. The van der Waals surface area contributed by atoms with E-state index in [2.05, 4.69) is 0 Å². The Morgan fingerprint density at radius 2 is 1.57 bits per heavy atom. The largest absolute Gasteiger partial charge is 0.460 e. The van der Waals surface area contributed by atoms with Crippen molar-refractivity contribution < 1.29 is 67.0 Å². The summed E-state index contributed by atoms with van der Waals surface area (Å²) in [5, 5.41) is 23.2. The standard InChI is InChI=1S/C52H82NO14P/c1-32-17-13-12-14-18-34(3)44(62-7)30-39-23-21-37(6)52(60,66-39)49(57)50(58)53-26-16-15-19-40(53)51(59)65-45(35(4)28-38-22-25-43(46(29-38)63-8)67-68(10,11)61)31-42(55)33(2)20-24-41(54)48(64-9)47(56)36(5)27-32/h12-14,17-18,20,24,32-33,35-41,43-46,48,54,60H,15-16,19,21-23,25-31H2,1-11H3/b14-12+,17-13+,24-20+,34-18+/t32-,33-,35-,36-,37-,38+,39+,40+,41-,43-,44+,45+,46-,48-,52-/m1/s1. The van der Waals surface area contributed by atoms with Gasteiger partial charge in [0.15, 0.2) is 13.2 Å². The fourth-order valence-corrected chi connectivity index (χ4v) is 11.1. The number of amides is 1. The molecule has 384 valence electrons. The van der Waals surface area contributed by atoms with Crippen LogP contribution in [0.4, 0.5) is 0 Å². The first-order valence-corrected chi connectivity index (χ1v) is 27.3. The van der Waals surface area contributed by atoms with Crippen LogP contribution in [0, 0.1) is 35.5 Å². The number of nitrogens with zero attached hydrogens (tertiary/aromatic N) is 1. The van der Waals surface area contributed by atoms with E-state index >= 15 is 0 Å². The zero-order valence-corrected chi connectivity index (χ0v) is 43.4. The summed E-state index contributed by atoms with van der Waals surface area (Å²) in [6.07, 6.45) is 12.7. The van der Waals surface area contributed by atoms with Crippen molar-refractivity contribution in [2.24, 2.45) is 35.5 Å². The highest BCUT2D eigenvalue weighted by molar-refractivity contribution is 7.57. The van der Waals surface area contributed by atoms with Crippen molar-refractivity contribution >= 4 is 36.6 Å². The maximum atomic E-state index is 14.4. The summed E-state index contributed by atoms with van der Waals surface area (Å²) < 4.78 is 48.0. The smallest absolute Gasteiger partial charge is 0.329 e. The van der Waals surface area contributed by atoms with E-state index in [1.165, 1.54) is 24.2 Å². The number of aliphatic hydroxyl groups excluding tert-OH is 1. The van der Waals surface area contributed by atoms with E-state index in [0.29, 0.717) is 57.8 Å². The average Bonchev–Trinajstić information content (AvgIpc) is 3.29. The number of piperidine rings is 1. The number of hydrogen-bond donors (Lipinski definition) is 2. The van der Waals surface area contributed by atoms with Gasteiger partial charge in [-0.15, -0.1) is 0 Å². The van der Waals surface area contributed by atoms with Crippen LogP contribution in [-0.4, -0.2) is 140 Å². The zero-order chi connectivity index (χ0) is 50.5. The molecule has 2 N–H and O–H groups in total. The fourth-order valence-electron chi connectivity index (χ4n) is 10.2. The molecule has 3 heterocycles. The number of fused-ring (bicyclic) bond motifs is 3. The number of methoxy groups -OCH3 is 3. The number of hydrogen-bond acceptors (Lipinski definition) is 14. The van der Waals surface area contributed by atoms with Crippen molar-refractivity contribution in [3.8, 4) is 0 Å². The molecule has 4 aliphatic rings. The molecule has 1 saturated carbocycles. The van der Waals surface area contributed by atoms with Gasteiger partial charge in [-0.2, -0.15) is 0 Å². The van der Waals surface area contributed by atoms with Gasteiger partial charge in [-0.05, 0) is 94.5 Å². The Balaban J connectivity index is 1.68. The van der Waals surface area contributed by atoms with Gasteiger partial charge in [0.1, 0.15) is 30.1 Å². The number of carbonyl (C=O) groups excluding carboxylic acids is 5. The van der Waals surface area contributed by atoms with Gasteiger partial charge in [0, 0.05) is 71.8 Å². The average molecular weight is 976 g/mol. The van der Waals surface area contributed by atoms with E-state index in [1.807, 2.05) is 51.2 Å². The highest BCUT2D eigenvalue weighted by Crippen LogP contribution is 2.44. The quantitative estimate of drug-likeness (QED) is 0.106. The highest BCUT2D eigenvalue weighted by atomic mass is 31.2. The van der Waals surface area contributed by atoms with E-state index in [-0.39, 0.29) is 60.9 Å². The highest BCUT2D eigenvalue weighted by Gasteiger charge is 2.53. The number of esters is 1. The minimum Gasteiger partial charge on any atom is -0.460 e. The summed E-state index contributed by atoms with van der Waals surface area (Å²) in [4.78, 5) is 71.8. The van der Waals surface area contributed by atoms with Gasteiger partial charge in [-0.3, -0.25) is 23.7 Å². The zero-order valence-electron chi connectivity index (χ0n) is 42.5. The summed E-state index contributed by atoms with van der Waals surface area (Å²) in [6.45, 7) is 14.2. The van der Waals surface area contributed by atoms with Crippen molar-refractivity contribution in [2.45, 2.75) is 173 Å². The van der Waals surface area contributed by atoms with Gasteiger partial charge in [0.2, 0.25) is 5.79 Å². The van der Waals surface area contributed by atoms with Gasteiger partial charge >= 0.3 is 5.97 Å². The molecule has 4 rings (SSSR count). The van der Waals surface area contributed by atoms with Crippen molar-refractivity contribution in [1.82, 2.24) is 4.90 Å². The van der Waals surface area contributed by atoms with Crippen molar-refractivity contribution in [2.75, 3.05) is 41.2 Å². The molecule has 68 heavy (non-hydrogen) atoms. The minimum atomic E-state index is -2.79. The topological polar surface area (TPSA) is 201 Å². The van der Waals surface area contributed by atoms with Crippen LogP contribution in [0.3, 0.4) is 0 Å². The molecule has 0 spiro atoms. The first kappa shape index (κ1) is 57.4. The molecule has 0 aromatic rings.